The van der Waals surface area contributed by atoms with Gasteiger partial charge >= 0.3 is 288 Å². The third-order valence-corrected chi connectivity index (χ3v) is 26.6. The summed E-state index contributed by atoms with van der Waals surface area (Å²) >= 11 is 2.70. The van der Waals surface area contributed by atoms with Gasteiger partial charge < -0.3 is 37.2 Å². The van der Waals surface area contributed by atoms with Gasteiger partial charge in [0.05, 0.1) is 0 Å². The monoisotopic (exact) mass is 790 g/mol. The van der Waals surface area contributed by atoms with Crippen molar-refractivity contribution in [2.45, 2.75) is 111 Å². The van der Waals surface area contributed by atoms with Crippen molar-refractivity contribution in [3.63, 3.8) is 0 Å². The molecule has 0 aliphatic heterocycles. The molecule has 0 bridgehead atoms. The van der Waals surface area contributed by atoms with Crippen LogP contribution in [-0.2, 0) is 20.4 Å². The van der Waals surface area contributed by atoms with E-state index >= 15 is 0 Å². The zero-order valence-electron chi connectivity index (χ0n) is 31.8. The molecule has 0 aromatic heterocycles. The van der Waals surface area contributed by atoms with Crippen LogP contribution in [0.5, 0.6) is 0 Å². The molecule has 3 aromatic carbocycles. The predicted octanol–water partition coefficient (Wildman–Crippen LogP) is -1.34. The Morgan fingerprint density at radius 3 is 0.872 bits per heavy atom. The summed E-state index contributed by atoms with van der Waals surface area (Å²) < 4.78 is -0.108. The van der Waals surface area contributed by atoms with Gasteiger partial charge in [0.1, 0.15) is 0 Å². The second-order valence-electron chi connectivity index (χ2n) is 16.7. The summed E-state index contributed by atoms with van der Waals surface area (Å²) in [7, 11) is -8.28. The normalized spacial score (nSPS) is 15.3. The van der Waals surface area contributed by atoms with E-state index in [1.54, 1.807) is 42.3 Å². The Labute approximate surface area is 322 Å². The molecule has 47 heavy (non-hydrogen) atoms. The van der Waals surface area contributed by atoms with Crippen LogP contribution in [0.3, 0.4) is 0 Å². The van der Waals surface area contributed by atoms with Gasteiger partial charge in [-0.15, -0.1) is 0 Å². The fraction of sp³-hybridized carbons (Fsp3) is 0.436. The molecule has 4 rings (SSSR count). The maximum atomic E-state index is 2.70. The van der Waals surface area contributed by atoms with Crippen molar-refractivity contribution in [3.05, 3.63) is 93.6 Å². The average Bonchev–Trinajstić information content (AvgIpc) is 3.05. The minimum atomic E-state index is -2.93. The van der Waals surface area contributed by atoms with Crippen molar-refractivity contribution in [2.24, 2.45) is 0 Å². The molecular formula is C39H57Cl3Si4Ti. The summed E-state index contributed by atoms with van der Waals surface area (Å²) in [6.45, 7) is 40.4. The number of benzene rings is 3. The van der Waals surface area contributed by atoms with E-state index < -0.39 is 32.3 Å². The summed E-state index contributed by atoms with van der Waals surface area (Å²) in [4.78, 5) is 0. The Balaban J connectivity index is 0.00000368. The molecule has 0 N–H and O–H groups in total. The van der Waals surface area contributed by atoms with Crippen LogP contribution < -0.4 is 68.3 Å². The first kappa shape index (κ1) is 44.6. The Morgan fingerprint density at radius 1 is 0.426 bits per heavy atom. The van der Waals surface area contributed by atoms with E-state index in [-0.39, 0.29) is 40.6 Å². The average molecular weight is 792 g/mol. The van der Waals surface area contributed by atoms with Crippen LogP contribution in [0.2, 0.25) is 62.3 Å². The molecule has 0 heterocycles. The van der Waals surface area contributed by atoms with Gasteiger partial charge in [-0.05, 0) is 0 Å². The first-order valence-corrected chi connectivity index (χ1v) is 29.8. The van der Waals surface area contributed by atoms with Crippen LogP contribution in [0.25, 0.3) is 0 Å². The van der Waals surface area contributed by atoms with Gasteiger partial charge in [0, 0.05) is 0 Å². The molecule has 0 radical (unpaired) electrons. The van der Waals surface area contributed by atoms with Crippen LogP contribution in [0, 0.1) is 20.8 Å². The number of aryl methyl sites for hydroxylation is 3. The molecular weight excluding hydrogens is 735 g/mol. The molecule has 0 amide bonds. The van der Waals surface area contributed by atoms with Gasteiger partial charge in [-0.3, -0.25) is 0 Å². The van der Waals surface area contributed by atoms with E-state index in [0.717, 1.165) is 0 Å². The van der Waals surface area contributed by atoms with Crippen molar-refractivity contribution in [2.75, 3.05) is 0 Å². The second kappa shape index (κ2) is 15.1. The van der Waals surface area contributed by atoms with Crippen molar-refractivity contribution < 1.29 is 57.7 Å². The molecule has 3 aromatic rings. The Bertz CT molecular complexity index is 1520. The third kappa shape index (κ3) is 7.08. The van der Waals surface area contributed by atoms with Crippen molar-refractivity contribution >= 4 is 63.4 Å². The molecule has 0 saturated heterocycles. The van der Waals surface area contributed by atoms with E-state index in [0.29, 0.717) is 0 Å². The van der Waals surface area contributed by atoms with Gasteiger partial charge in [0.2, 0.25) is 0 Å². The van der Waals surface area contributed by atoms with Gasteiger partial charge in [-0.1, -0.05) is 0 Å². The van der Waals surface area contributed by atoms with Crippen LogP contribution >= 0.6 is 0 Å². The number of hydrogen-bond acceptors (Lipinski definition) is 0. The Morgan fingerprint density at radius 2 is 0.660 bits per heavy atom. The first-order valence-electron chi connectivity index (χ1n) is 16.5. The number of allylic oxidation sites excluding steroid dienone is 4. The predicted molar refractivity (Wildman–Crippen MR) is 207 cm³/mol. The zero-order valence-corrected chi connectivity index (χ0v) is 39.7. The van der Waals surface area contributed by atoms with E-state index in [4.69, 9.17) is 0 Å². The van der Waals surface area contributed by atoms with E-state index in [1.807, 2.05) is 0 Å². The van der Waals surface area contributed by atoms with Crippen LogP contribution in [-0.4, -0.2) is 32.3 Å². The summed E-state index contributed by atoms with van der Waals surface area (Å²) in [5.41, 5.74) is 10.7. The fourth-order valence-corrected chi connectivity index (χ4v) is 27.2. The number of hydrogen-bond donors (Lipinski definition) is 0. The molecule has 0 unspecified atom stereocenters. The van der Waals surface area contributed by atoms with Gasteiger partial charge in [0.15, 0.2) is 0 Å². The smallest absolute Gasteiger partial charge is 1.00 e. The van der Waals surface area contributed by atoms with Crippen LogP contribution in [0.4, 0.5) is 0 Å². The summed E-state index contributed by atoms with van der Waals surface area (Å²) in [6, 6.07) is 22.1. The third-order valence-electron chi connectivity index (χ3n) is 10.7. The Kier molecular flexibility index (Phi) is 14.3. The van der Waals surface area contributed by atoms with E-state index in [2.05, 4.69) is 182 Å². The maximum absolute atomic E-state index is 2.93. The largest absolute Gasteiger partial charge is 1.00 e. The summed E-state index contributed by atoms with van der Waals surface area (Å²) in [5, 5.41) is 10.2. The van der Waals surface area contributed by atoms with Crippen molar-refractivity contribution in [3.8, 4) is 0 Å². The number of halogens is 3. The van der Waals surface area contributed by atoms with E-state index in [9.17, 15) is 0 Å². The summed E-state index contributed by atoms with van der Waals surface area (Å²) in [6.07, 6.45) is 0. The molecule has 0 atom stereocenters. The van der Waals surface area contributed by atoms with Crippen LogP contribution in [0.1, 0.15) is 44.4 Å². The standard InChI is InChI=1S/C39H57Si4.3ClH.Ti/c1-26-20-17-23-33(40(8,9)10)36(26)43(39-31(6)29(4)30(5)32(39)7,37-27(2)21-18-24-34(37)41(11,12)13)38-28(3)22-19-25-35(38)42(14,15)16;;;;/h17-25H,1-16H3;3*1H;/q;;;;+3/p-3. The second-order valence-corrected chi connectivity index (χ2v) is 37.6. The topological polar surface area (TPSA) is 0 Å². The van der Waals surface area contributed by atoms with Gasteiger partial charge in [0.25, 0.3) is 0 Å². The minimum absolute atomic E-state index is 0. The molecule has 0 spiro atoms. The summed E-state index contributed by atoms with van der Waals surface area (Å²) in [5.74, 6) is 0. The molecule has 0 fully saturated rings. The SMILES string of the molecule is CC1=C(C)[C]([Ti+3])([Si](c2c(C)cccc2[Si](C)(C)C)(c2c(C)cccc2[Si](C)(C)C)c2c(C)cccc2[Si](C)(C)C)C(C)=C1C.[Cl-].[Cl-].[Cl-]. The van der Waals surface area contributed by atoms with Crippen molar-refractivity contribution in [1.29, 1.82) is 0 Å². The fourth-order valence-electron chi connectivity index (χ4n) is 8.28. The van der Waals surface area contributed by atoms with Crippen molar-refractivity contribution in [1.82, 2.24) is 0 Å². The maximum Gasteiger partial charge on any atom is -1.00 e. The van der Waals surface area contributed by atoms with Gasteiger partial charge in [-0.2, -0.15) is 0 Å². The van der Waals surface area contributed by atoms with E-state index in [1.165, 1.54) is 27.8 Å². The molecule has 1 aliphatic carbocycles. The molecule has 0 nitrogen and oxygen atoms in total. The minimum Gasteiger partial charge on any atom is -1.00 e. The molecule has 254 valence electrons. The van der Waals surface area contributed by atoms with Gasteiger partial charge in [-0.25, -0.2) is 0 Å². The Hall–Kier alpha value is -0.408. The quantitative estimate of drug-likeness (QED) is 0.206. The molecule has 0 saturated carbocycles. The molecule has 8 heteroatoms. The first-order chi connectivity index (χ1) is 20.1. The zero-order chi connectivity index (χ0) is 33.4. The molecule has 1 aliphatic rings. The number of rotatable bonds is 7. The van der Waals surface area contributed by atoms with Crippen LogP contribution in [0.15, 0.2) is 76.9 Å².